The molecular weight excluding hydrogens is 254 g/mol. The largest absolute Gasteiger partial charge is 0.493 e. The molecule has 106 valence electrons. The minimum atomic E-state index is 0.678. The first-order valence-electron chi connectivity index (χ1n) is 6.57. The Balaban J connectivity index is 2.40. The highest BCUT2D eigenvalue weighted by Crippen LogP contribution is 2.33. The average Bonchev–Trinajstić information content (AvgIpc) is 2.52. The van der Waals surface area contributed by atoms with Crippen LogP contribution in [0.25, 0.3) is 11.3 Å². The summed E-state index contributed by atoms with van der Waals surface area (Å²) >= 11 is 0. The molecule has 1 heterocycles. The Morgan fingerprint density at radius 3 is 2.50 bits per heavy atom. The second-order valence-electron chi connectivity index (χ2n) is 4.25. The Kier molecular flexibility index (Phi) is 4.76. The van der Waals surface area contributed by atoms with Gasteiger partial charge in [0.05, 0.1) is 14.2 Å². The summed E-state index contributed by atoms with van der Waals surface area (Å²) < 4.78 is 10.6. The lowest BCUT2D eigenvalue weighted by Gasteiger charge is -2.12. The van der Waals surface area contributed by atoms with E-state index in [1.807, 2.05) is 18.2 Å². The zero-order valence-electron chi connectivity index (χ0n) is 12.0. The maximum atomic E-state index is 5.33. The second kappa shape index (κ2) is 6.75. The lowest BCUT2D eigenvalue weighted by atomic mass is 10.1. The summed E-state index contributed by atoms with van der Waals surface area (Å²) in [6.45, 7) is 2.97. The van der Waals surface area contributed by atoms with E-state index in [2.05, 4.69) is 22.2 Å². The van der Waals surface area contributed by atoms with Crippen molar-refractivity contribution in [3.63, 3.8) is 0 Å². The van der Waals surface area contributed by atoms with Crippen LogP contribution >= 0.6 is 0 Å². The predicted octanol–water partition coefficient (Wildman–Crippen LogP) is 2.98. The van der Waals surface area contributed by atoms with Crippen molar-refractivity contribution in [2.75, 3.05) is 26.1 Å². The zero-order valence-corrected chi connectivity index (χ0v) is 12.0. The van der Waals surface area contributed by atoms with Crippen LogP contribution in [0.5, 0.6) is 11.5 Å². The van der Waals surface area contributed by atoms with Crippen LogP contribution in [0.3, 0.4) is 0 Å². The summed E-state index contributed by atoms with van der Waals surface area (Å²) in [5.74, 6) is 2.15. The molecule has 0 saturated heterocycles. The molecule has 0 aliphatic carbocycles. The highest BCUT2D eigenvalue weighted by molar-refractivity contribution is 5.73. The number of nitrogens with zero attached hydrogens (tertiary/aromatic N) is 2. The van der Waals surface area contributed by atoms with Crippen molar-refractivity contribution < 1.29 is 9.47 Å². The number of methoxy groups -OCH3 is 2. The summed E-state index contributed by atoms with van der Waals surface area (Å²) in [7, 11) is 3.24. The molecule has 0 fully saturated rings. The molecule has 0 aliphatic rings. The number of benzene rings is 1. The highest BCUT2D eigenvalue weighted by Gasteiger charge is 2.11. The smallest absolute Gasteiger partial charge is 0.161 e. The minimum absolute atomic E-state index is 0.678. The Morgan fingerprint density at radius 1 is 1.05 bits per heavy atom. The molecule has 0 amide bonds. The van der Waals surface area contributed by atoms with E-state index < -0.39 is 0 Å². The number of rotatable bonds is 6. The third-order valence-electron chi connectivity index (χ3n) is 2.90. The van der Waals surface area contributed by atoms with Gasteiger partial charge < -0.3 is 14.8 Å². The van der Waals surface area contributed by atoms with Gasteiger partial charge in [-0.05, 0) is 24.6 Å². The number of hydrogen-bond acceptors (Lipinski definition) is 5. The number of hydrogen-bond donors (Lipinski definition) is 1. The van der Waals surface area contributed by atoms with Crippen molar-refractivity contribution in [2.45, 2.75) is 13.3 Å². The van der Waals surface area contributed by atoms with Gasteiger partial charge in [0.2, 0.25) is 0 Å². The summed E-state index contributed by atoms with van der Waals surface area (Å²) in [4.78, 5) is 8.76. The molecule has 0 atom stereocenters. The molecule has 1 N–H and O–H groups in total. The standard InChI is InChI=1S/C15H19N3O2/c1-4-7-17-15-14(16-8-9-18-15)11-5-6-12(19-2)13(10-11)20-3/h5-6,8-10H,4,7H2,1-3H3,(H,17,18). The number of ether oxygens (including phenoxy) is 2. The SMILES string of the molecule is CCCNc1nccnc1-c1ccc(OC)c(OC)c1. The quantitative estimate of drug-likeness (QED) is 0.876. The third-order valence-corrected chi connectivity index (χ3v) is 2.90. The van der Waals surface area contributed by atoms with E-state index in [1.165, 1.54) is 0 Å². The van der Waals surface area contributed by atoms with Crippen LogP contribution in [0.2, 0.25) is 0 Å². The molecule has 0 unspecified atom stereocenters. The van der Waals surface area contributed by atoms with Gasteiger partial charge >= 0.3 is 0 Å². The molecule has 5 heteroatoms. The Bertz CT molecular complexity index is 573. The van der Waals surface area contributed by atoms with Gasteiger partial charge in [0.25, 0.3) is 0 Å². The molecule has 5 nitrogen and oxygen atoms in total. The van der Waals surface area contributed by atoms with Gasteiger partial charge in [-0.15, -0.1) is 0 Å². The molecule has 0 aliphatic heterocycles. The van der Waals surface area contributed by atoms with Gasteiger partial charge in [-0.1, -0.05) is 6.92 Å². The summed E-state index contributed by atoms with van der Waals surface area (Å²) in [6.07, 6.45) is 4.40. The van der Waals surface area contributed by atoms with Gasteiger partial charge in [-0.25, -0.2) is 4.98 Å². The topological polar surface area (TPSA) is 56.3 Å². The minimum Gasteiger partial charge on any atom is -0.493 e. The van der Waals surface area contributed by atoms with Crippen LogP contribution in [-0.4, -0.2) is 30.7 Å². The molecule has 1 aromatic heterocycles. The van der Waals surface area contributed by atoms with E-state index in [1.54, 1.807) is 26.6 Å². The van der Waals surface area contributed by atoms with E-state index in [0.717, 1.165) is 30.0 Å². The molecule has 0 saturated carbocycles. The van der Waals surface area contributed by atoms with Crippen LogP contribution in [0.4, 0.5) is 5.82 Å². The van der Waals surface area contributed by atoms with Crippen molar-refractivity contribution in [3.8, 4) is 22.8 Å². The molecule has 20 heavy (non-hydrogen) atoms. The molecule has 2 rings (SSSR count). The second-order valence-corrected chi connectivity index (χ2v) is 4.25. The molecule has 0 radical (unpaired) electrons. The molecule has 0 bridgehead atoms. The lowest BCUT2D eigenvalue weighted by Crippen LogP contribution is -2.04. The van der Waals surface area contributed by atoms with Crippen molar-refractivity contribution in [2.24, 2.45) is 0 Å². The average molecular weight is 273 g/mol. The highest BCUT2D eigenvalue weighted by atomic mass is 16.5. The first kappa shape index (κ1) is 14.1. The number of anilines is 1. The van der Waals surface area contributed by atoms with Gasteiger partial charge in [-0.2, -0.15) is 0 Å². The van der Waals surface area contributed by atoms with Crippen LogP contribution in [0, 0.1) is 0 Å². The van der Waals surface area contributed by atoms with E-state index in [0.29, 0.717) is 11.5 Å². The van der Waals surface area contributed by atoms with Crippen LogP contribution in [0.1, 0.15) is 13.3 Å². The van der Waals surface area contributed by atoms with Crippen molar-refractivity contribution in [1.29, 1.82) is 0 Å². The fraction of sp³-hybridized carbons (Fsp3) is 0.333. The van der Waals surface area contributed by atoms with Crippen molar-refractivity contribution in [1.82, 2.24) is 9.97 Å². The van der Waals surface area contributed by atoms with Gasteiger partial charge in [0.15, 0.2) is 17.3 Å². The van der Waals surface area contributed by atoms with Gasteiger partial charge in [0, 0.05) is 24.5 Å². The van der Waals surface area contributed by atoms with E-state index >= 15 is 0 Å². The number of nitrogens with one attached hydrogen (secondary N) is 1. The normalized spacial score (nSPS) is 10.2. The van der Waals surface area contributed by atoms with Crippen LogP contribution in [-0.2, 0) is 0 Å². The summed E-state index contributed by atoms with van der Waals surface area (Å²) in [5, 5.41) is 3.28. The zero-order chi connectivity index (χ0) is 14.4. The number of aromatic nitrogens is 2. The molecule has 2 aromatic rings. The summed E-state index contributed by atoms with van der Waals surface area (Å²) in [5.41, 5.74) is 1.75. The van der Waals surface area contributed by atoms with Crippen molar-refractivity contribution in [3.05, 3.63) is 30.6 Å². The van der Waals surface area contributed by atoms with Crippen LogP contribution < -0.4 is 14.8 Å². The Morgan fingerprint density at radius 2 is 1.80 bits per heavy atom. The van der Waals surface area contributed by atoms with Crippen LogP contribution in [0.15, 0.2) is 30.6 Å². The van der Waals surface area contributed by atoms with E-state index in [4.69, 9.17) is 9.47 Å². The fourth-order valence-electron chi connectivity index (χ4n) is 1.91. The van der Waals surface area contributed by atoms with E-state index in [9.17, 15) is 0 Å². The van der Waals surface area contributed by atoms with Crippen molar-refractivity contribution >= 4 is 5.82 Å². The Hall–Kier alpha value is -2.30. The lowest BCUT2D eigenvalue weighted by molar-refractivity contribution is 0.355. The molecule has 1 aromatic carbocycles. The predicted molar refractivity (Wildman–Crippen MR) is 79.4 cm³/mol. The summed E-state index contributed by atoms with van der Waals surface area (Å²) in [6, 6.07) is 5.72. The third kappa shape index (κ3) is 2.99. The maximum Gasteiger partial charge on any atom is 0.161 e. The maximum absolute atomic E-state index is 5.33. The van der Waals surface area contributed by atoms with Gasteiger partial charge in [0.1, 0.15) is 5.69 Å². The first-order chi connectivity index (χ1) is 9.80. The fourth-order valence-corrected chi connectivity index (χ4v) is 1.91. The molecular formula is C15H19N3O2. The Labute approximate surface area is 119 Å². The first-order valence-corrected chi connectivity index (χ1v) is 6.57. The van der Waals surface area contributed by atoms with E-state index in [-0.39, 0.29) is 0 Å². The van der Waals surface area contributed by atoms with Gasteiger partial charge in [-0.3, -0.25) is 4.98 Å². The molecule has 0 spiro atoms. The monoisotopic (exact) mass is 273 g/mol.